The van der Waals surface area contributed by atoms with Gasteiger partial charge in [0.25, 0.3) is 7.41 Å². The molecular weight excluding hydrogens is 302 g/mol. The number of anilines is 1. The van der Waals surface area contributed by atoms with Gasteiger partial charge in [0, 0.05) is 41.4 Å². The average molecular weight is 314 g/mol. The van der Waals surface area contributed by atoms with Crippen LogP contribution in [0.2, 0.25) is 5.02 Å². The molecule has 0 saturated carbocycles. The van der Waals surface area contributed by atoms with E-state index in [2.05, 4.69) is 26.9 Å². The van der Waals surface area contributed by atoms with Crippen LogP contribution in [0.15, 0.2) is 22.7 Å². The highest BCUT2D eigenvalue weighted by molar-refractivity contribution is 9.10. The van der Waals surface area contributed by atoms with Gasteiger partial charge in [-0.1, -0.05) is 27.5 Å². The van der Waals surface area contributed by atoms with Crippen molar-refractivity contribution >= 4 is 46.8 Å². The third-order valence-electron chi connectivity index (χ3n) is 2.80. The van der Waals surface area contributed by atoms with E-state index in [0.717, 1.165) is 47.5 Å². The third kappa shape index (κ3) is 3.47. The van der Waals surface area contributed by atoms with E-state index in [1.54, 1.807) is 7.41 Å². The fourth-order valence-electron chi connectivity index (χ4n) is 1.94. The average Bonchev–Trinajstić information content (AvgIpc) is 2.29. The summed E-state index contributed by atoms with van der Waals surface area (Å²) in [5.41, 5.74) is 1.12. The molecule has 89 valence electrons. The van der Waals surface area contributed by atoms with Gasteiger partial charge in [0.1, 0.15) is 0 Å². The first-order valence-electron chi connectivity index (χ1n) is 5.43. The van der Waals surface area contributed by atoms with Crippen molar-refractivity contribution in [2.24, 2.45) is 0 Å². The first-order chi connectivity index (χ1) is 8.19. The minimum atomic E-state index is 0.733. The number of rotatable bonds is 3. The molecule has 17 heavy (non-hydrogen) atoms. The number of carbonyl (C=O) groups is 1. The maximum absolute atomic E-state index is 10.4. The second-order valence-electron chi connectivity index (χ2n) is 3.94. The van der Waals surface area contributed by atoms with Crippen LogP contribution < -0.4 is 4.90 Å². The molecule has 0 amide bonds. The lowest BCUT2D eigenvalue weighted by Gasteiger charge is -2.35. The van der Waals surface area contributed by atoms with Gasteiger partial charge in [-0.15, -0.1) is 0 Å². The van der Waals surface area contributed by atoms with Crippen molar-refractivity contribution in [2.75, 3.05) is 31.1 Å². The molecule has 0 atom stereocenters. The van der Waals surface area contributed by atoms with Crippen molar-refractivity contribution in [2.45, 2.75) is 0 Å². The van der Waals surface area contributed by atoms with Gasteiger partial charge in [-0.05, 0) is 18.2 Å². The van der Waals surface area contributed by atoms with E-state index < -0.39 is 0 Å². The van der Waals surface area contributed by atoms with Gasteiger partial charge in [-0.3, -0.25) is 0 Å². The van der Waals surface area contributed by atoms with Crippen LogP contribution in [0.5, 0.6) is 0 Å². The molecule has 0 aliphatic carbocycles. The molecule has 0 aromatic heterocycles. The lowest BCUT2D eigenvalue weighted by molar-refractivity contribution is 0.409. The summed E-state index contributed by atoms with van der Waals surface area (Å²) in [5, 5.41) is 0.733. The zero-order valence-corrected chi connectivity index (χ0v) is 11.6. The number of piperazine rings is 1. The molecule has 1 radical (unpaired) electrons. The van der Waals surface area contributed by atoms with Crippen LogP contribution in [0.25, 0.3) is 0 Å². The Morgan fingerprint density at radius 1 is 1.24 bits per heavy atom. The molecule has 3 nitrogen and oxygen atoms in total. The Balaban J connectivity index is 2.02. The Kier molecular flexibility index (Phi) is 4.48. The molecule has 1 aliphatic rings. The van der Waals surface area contributed by atoms with Crippen molar-refractivity contribution in [1.82, 2.24) is 4.81 Å². The number of nitrogens with zero attached hydrogens (tertiary/aromatic N) is 2. The predicted molar refractivity (Wildman–Crippen MR) is 75.4 cm³/mol. The minimum absolute atomic E-state index is 0.733. The van der Waals surface area contributed by atoms with E-state index in [1.165, 1.54) is 0 Å². The summed E-state index contributed by atoms with van der Waals surface area (Å²) in [6.07, 6.45) is 0.839. The normalized spacial score (nSPS) is 16.9. The zero-order chi connectivity index (χ0) is 12.3. The van der Waals surface area contributed by atoms with Crippen LogP contribution in [0, 0.1) is 0 Å². The summed E-state index contributed by atoms with van der Waals surface area (Å²) in [7, 11) is 1.60. The largest absolute Gasteiger partial charge is 0.369 e. The summed E-state index contributed by atoms with van der Waals surface area (Å²) in [4.78, 5) is 14.7. The molecule has 1 aliphatic heterocycles. The predicted octanol–water partition coefficient (Wildman–Crippen LogP) is 2.03. The van der Waals surface area contributed by atoms with Crippen molar-refractivity contribution in [3.05, 3.63) is 27.7 Å². The van der Waals surface area contributed by atoms with Gasteiger partial charge in [-0.25, -0.2) is 0 Å². The van der Waals surface area contributed by atoms with Gasteiger partial charge in [0.15, 0.2) is 0 Å². The van der Waals surface area contributed by atoms with Gasteiger partial charge in [-0.2, -0.15) is 0 Å². The van der Waals surface area contributed by atoms with E-state index in [9.17, 15) is 4.79 Å². The van der Waals surface area contributed by atoms with Crippen LogP contribution in [0.1, 0.15) is 0 Å². The van der Waals surface area contributed by atoms with Crippen LogP contribution in [-0.2, 0) is 4.79 Å². The van der Waals surface area contributed by atoms with E-state index in [4.69, 9.17) is 11.6 Å². The Hall–Kier alpha value is -0.515. The standard InChI is InChI=1S/C11H12BBrClN2O/c13-9-5-10(14)7-11(6-9)15-1-3-16(4-2-15)12-8-17/h5-8H,1-4H2. The van der Waals surface area contributed by atoms with E-state index in [0.29, 0.717) is 0 Å². The fraction of sp³-hybridized carbons (Fsp3) is 0.364. The SMILES string of the molecule is O=C[B]N1CCN(c2cc(Cl)cc(Br)c2)CC1. The van der Waals surface area contributed by atoms with Crippen LogP contribution >= 0.6 is 27.5 Å². The molecule has 1 heterocycles. The van der Waals surface area contributed by atoms with Crippen molar-refractivity contribution in [3.8, 4) is 0 Å². The summed E-state index contributed by atoms with van der Waals surface area (Å²) in [5.74, 6) is 0. The summed E-state index contributed by atoms with van der Waals surface area (Å²) in [6, 6.07) is 5.90. The number of hydrogen-bond acceptors (Lipinski definition) is 3. The lowest BCUT2D eigenvalue weighted by atomic mass is 9.93. The number of benzene rings is 1. The molecule has 0 bridgehead atoms. The Morgan fingerprint density at radius 2 is 1.94 bits per heavy atom. The second-order valence-corrected chi connectivity index (χ2v) is 5.29. The monoisotopic (exact) mass is 313 g/mol. The zero-order valence-electron chi connectivity index (χ0n) is 9.27. The van der Waals surface area contributed by atoms with Gasteiger partial charge in [0.05, 0.1) is 6.19 Å². The summed E-state index contributed by atoms with van der Waals surface area (Å²) >= 11 is 9.47. The molecule has 6 heteroatoms. The first kappa shape index (κ1) is 12.9. The minimum Gasteiger partial charge on any atom is -0.369 e. The Labute approximate surface area is 115 Å². The molecular formula is C11H12BBrClN2O. The molecule has 1 aromatic rings. The summed E-state index contributed by atoms with van der Waals surface area (Å²) < 4.78 is 0.988. The highest BCUT2D eigenvalue weighted by Crippen LogP contribution is 2.26. The lowest BCUT2D eigenvalue weighted by Crippen LogP contribution is -2.48. The Morgan fingerprint density at radius 3 is 2.53 bits per heavy atom. The molecule has 0 spiro atoms. The molecule has 1 aromatic carbocycles. The van der Waals surface area contributed by atoms with Crippen molar-refractivity contribution in [3.63, 3.8) is 0 Å². The third-order valence-corrected chi connectivity index (χ3v) is 3.47. The molecule has 0 unspecified atom stereocenters. The molecule has 0 N–H and O–H groups in total. The van der Waals surface area contributed by atoms with Crippen molar-refractivity contribution in [1.29, 1.82) is 0 Å². The molecule has 1 fully saturated rings. The Bertz CT molecular complexity index is 390. The number of halogens is 2. The second kappa shape index (κ2) is 5.89. The van der Waals surface area contributed by atoms with E-state index in [1.807, 2.05) is 16.9 Å². The smallest absolute Gasteiger partial charge is 0.293 e. The highest BCUT2D eigenvalue weighted by atomic mass is 79.9. The number of carbonyl (C=O) groups excluding carboxylic acids is 1. The van der Waals surface area contributed by atoms with Crippen molar-refractivity contribution < 1.29 is 4.79 Å². The van der Waals surface area contributed by atoms with Crippen LogP contribution in [-0.4, -0.2) is 44.6 Å². The molecule has 2 rings (SSSR count). The summed E-state index contributed by atoms with van der Waals surface area (Å²) in [6.45, 7) is 3.53. The van der Waals surface area contributed by atoms with Gasteiger partial charge >= 0.3 is 0 Å². The maximum atomic E-state index is 10.4. The number of hydrogen-bond donors (Lipinski definition) is 0. The van der Waals surface area contributed by atoms with Gasteiger partial charge < -0.3 is 14.5 Å². The maximum Gasteiger partial charge on any atom is 0.293 e. The topological polar surface area (TPSA) is 23.6 Å². The van der Waals surface area contributed by atoms with Crippen LogP contribution in [0.4, 0.5) is 5.69 Å². The van der Waals surface area contributed by atoms with Gasteiger partial charge in [0.2, 0.25) is 0 Å². The van der Waals surface area contributed by atoms with E-state index >= 15 is 0 Å². The first-order valence-corrected chi connectivity index (χ1v) is 6.60. The molecule has 1 saturated heterocycles. The quantitative estimate of drug-likeness (QED) is 0.630. The van der Waals surface area contributed by atoms with Crippen LogP contribution in [0.3, 0.4) is 0 Å². The highest BCUT2D eigenvalue weighted by Gasteiger charge is 2.17. The van der Waals surface area contributed by atoms with E-state index in [-0.39, 0.29) is 0 Å². The fourth-order valence-corrected chi connectivity index (χ4v) is 2.78.